The second-order valence-corrected chi connectivity index (χ2v) is 8.35. The molecule has 7 heteroatoms. The van der Waals surface area contributed by atoms with Crippen LogP contribution >= 0.6 is 11.6 Å². The number of fused-ring (bicyclic) bond motifs is 3. The highest BCUT2D eigenvalue weighted by Crippen LogP contribution is 2.56. The first-order chi connectivity index (χ1) is 14.9. The molecule has 3 aliphatic rings. The highest BCUT2D eigenvalue weighted by molar-refractivity contribution is 6.30. The van der Waals surface area contributed by atoms with Crippen LogP contribution < -0.4 is 15.5 Å². The first kappa shape index (κ1) is 19.4. The van der Waals surface area contributed by atoms with Crippen molar-refractivity contribution in [3.05, 3.63) is 81.8 Å². The number of allylic oxidation sites excluding steroid dienone is 1. The van der Waals surface area contributed by atoms with Crippen LogP contribution in [0.5, 0.6) is 0 Å². The Labute approximate surface area is 184 Å². The number of halogens is 1. The van der Waals surface area contributed by atoms with Gasteiger partial charge in [0, 0.05) is 46.7 Å². The van der Waals surface area contributed by atoms with Crippen LogP contribution in [0.25, 0.3) is 0 Å². The normalized spacial score (nSPS) is 22.7. The highest BCUT2D eigenvalue weighted by atomic mass is 35.5. The summed E-state index contributed by atoms with van der Waals surface area (Å²) >= 11 is 6.06. The number of hydrogen-bond acceptors (Lipinski definition) is 5. The molecule has 2 aromatic carbocycles. The molecule has 2 N–H and O–H groups in total. The van der Waals surface area contributed by atoms with Crippen molar-refractivity contribution in [2.24, 2.45) is 5.73 Å². The first-order valence-electron chi connectivity index (χ1n) is 10.0. The van der Waals surface area contributed by atoms with Gasteiger partial charge in [-0.15, -0.1) is 0 Å². The Hall–Kier alpha value is -3.56. The van der Waals surface area contributed by atoms with E-state index in [1.165, 1.54) is 4.90 Å². The van der Waals surface area contributed by atoms with Crippen LogP contribution in [0.4, 0.5) is 11.4 Å². The molecule has 1 unspecified atom stereocenters. The van der Waals surface area contributed by atoms with Crippen molar-refractivity contribution in [2.75, 3.05) is 16.8 Å². The minimum absolute atomic E-state index is 0.0817. The van der Waals surface area contributed by atoms with E-state index in [0.29, 0.717) is 52.5 Å². The van der Waals surface area contributed by atoms with Crippen LogP contribution in [-0.2, 0) is 15.0 Å². The van der Waals surface area contributed by atoms with Gasteiger partial charge in [0.2, 0.25) is 5.91 Å². The second-order valence-electron chi connectivity index (χ2n) is 7.91. The lowest BCUT2D eigenvalue weighted by Crippen LogP contribution is -2.52. The zero-order valence-electron chi connectivity index (χ0n) is 16.9. The van der Waals surface area contributed by atoms with E-state index in [1.54, 1.807) is 36.2 Å². The maximum atomic E-state index is 13.8. The molecule has 1 spiro atoms. The Balaban J connectivity index is 1.89. The van der Waals surface area contributed by atoms with Crippen LogP contribution in [0.15, 0.2) is 71.2 Å². The molecule has 0 aromatic heterocycles. The van der Waals surface area contributed by atoms with Gasteiger partial charge in [-0.25, -0.2) is 0 Å². The number of ketones is 1. The molecule has 0 saturated heterocycles. The second kappa shape index (κ2) is 6.73. The highest BCUT2D eigenvalue weighted by Gasteiger charge is 2.61. The molecule has 154 valence electrons. The molecule has 0 fully saturated rings. The Morgan fingerprint density at radius 3 is 2.52 bits per heavy atom. The van der Waals surface area contributed by atoms with Crippen LogP contribution in [0.3, 0.4) is 0 Å². The maximum Gasteiger partial charge on any atom is 0.247 e. The summed E-state index contributed by atoms with van der Waals surface area (Å²) in [6, 6.07) is 16.5. The summed E-state index contributed by atoms with van der Waals surface area (Å²) in [7, 11) is 1.67. The van der Waals surface area contributed by atoms with Crippen molar-refractivity contribution in [1.82, 2.24) is 0 Å². The molecule has 0 radical (unpaired) electrons. The van der Waals surface area contributed by atoms with Gasteiger partial charge in [0.15, 0.2) is 5.78 Å². The van der Waals surface area contributed by atoms with E-state index in [2.05, 4.69) is 6.07 Å². The number of carbonyl (C=O) groups excluding carboxylic acids is 2. The minimum atomic E-state index is -1.51. The van der Waals surface area contributed by atoms with E-state index in [4.69, 9.17) is 17.3 Å². The molecule has 1 atom stereocenters. The third-order valence-corrected chi connectivity index (χ3v) is 6.65. The molecule has 1 amide bonds. The monoisotopic (exact) mass is 430 g/mol. The van der Waals surface area contributed by atoms with Gasteiger partial charge >= 0.3 is 0 Å². The van der Waals surface area contributed by atoms with Crippen LogP contribution in [0.2, 0.25) is 5.02 Å². The van der Waals surface area contributed by atoms with Gasteiger partial charge < -0.3 is 10.6 Å². The Morgan fingerprint density at radius 1 is 1.10 bits per heavy atom. The van der Waals surface area contributed by atoms with Crippen molar-refractivity contribution in [3.8, 4) is 6.07 Å². The summed E-state index contributed by atoms with van der Waals surface area (Å²) in [5.41, 5.74) is 8.21. The Morgan fingerprint density at radius 2 is 1.81 bits per heavy atom. The van der Waals surface area contributed by atoms with E-state index in [9.17, 15) is 14.9 Å². The first-order valence-corrected chi connectivity index (χ1v) is 10.4. The van der Waals surface area contributed by atoms with E-state index in [0.717, 1.165) is 0 Å². The average molecular weight is 431 g/mol. The molecule has 1 aliphatic carbocycles. The zero-order valence-corrected chi connectivity index (χ0v) is 17.6. The largest absolute Gasteiger partial charge is 0.384 e. The van der Waals surface area contributed by atoms with Crippen LogP contribution in [0, 0.1) is 11.3 Å². The molecule has 2 aliphatic heterocycles. The van der Waals surface area contributed by atoms with E-state index < -0.39 is 5.41 Å². The lowest BCUT2D eigenvalue weighted by atomic mass is 9.64. The summed E-state index contributed by atoms with van der Waals surface area (Å²) in [4.78, 5) is 30.5. The van der Waals surface area contributed by atoms with Crippen molar-refractivity contribution >= 4 is 34.7 Å². The molecule has 2 aromatic rings. The van der Waals surface area contributed by atoms with Crippen molar-refractivity contribution in [2.45, 2.75) is 24.7 Å². The Kier molecular flexibility index (Phi) is 4.21. The number of benzene rings is 2. The molecule has 2 heterocycles. The number of nitriles is 1. The predicted molar refractivity (Wildman–Crippen MR) is 118 cm³/mol. The Bertz CT molecular complexity index is 1260. The lowest BCUT2D eigenvalue weighted by molar-refractivity contribution is -0.124. The van der Waals surface area contributed by atoms with Crippen LogP contribution in [0.1, 0.15) is 24.8 Å². The minimum Gasteiger partial charge on any atom is -0.384 e. The maximum absolute atomic E-state index is 13.8. The number of rotatable bonds is 1. The van der Waals surface area contributed by atoms with Gasteiger partial charge in [0.1, 0.15) is 17.3 Å². The van der Waals surface area contributed by atoms with Gasteiger partial charge in [0.25, 0.3) is 0 Å². The number of nitrogens with two attached hydrogens (primary N) is 1. The summed E-state index contributed by atoms with van der Waals surface area (Å²) < 4.78 is 0. The SMILES string of the molecule is CN1C(=O)C2(C(C#N)=C(N)N(c3ccc(Cl)cc3)C3=C2C(=O)CCC3)c2ccccc21. The van der Waals surface area contributed by atoms with E-state index in [1.807, 2.05) is 24.3 Å². The molecule has 0 bridgehead atoms. The number of hydrogen-bond donors (Lipinski definition) is 1. The number of anilines is 2. The fourth-order valence-corrected chi connectivity index (χ4v) is 5.25. The summed E-state index contributed by atoms with van der Waals surface area (Å²) in [5, 5.41) is 10.8. The topological polar surface area (TPSA) is 90.4 Å². The fourth-order valence-electron chi connectivity index (χ4n) is 5.12. The molecular formula is C24H19ClN4O2. The quantitative estimate of drug-likeness (QED) is 0.743. The third kappa shape index (κ3) is 2.38. The number of para-hydroxylation sites is 1. The molecular weight excluding hydrogens is 412 g/mol. The van der Waals surface area contributed by atoms with E-state index >= 15 is 0 Å². The average Bonchev–Trinajstić information content (AvgIpc) is 2.98. The van der Waals surface area contributed by atoms with E-state index in [-0.39, 0.29) is 23.1 Å². The number of nitrogens with zero attached hydrogens (tertiary/aromatic N) is 3. The van der Waals surface area contributed by atoms with Gasteiger partial charge in [-0.05, 0) is 43.2 Å². The smallest absolute Gasteiger partial charge is 0.247 e. The van der Waals surface area contributed by atoms with Gasteiger partial charge in [-0.3, -0.25) is 14.5 Å². The number of carbonyl (C=O) groups is 2. The fraction of sp³-hybridized carbons (Fsp3) is 0.208. The van der Waals surface area contributed by atoms with Crippen molar-refractivity contribution in [3.63, 3.8) is 0 Å². The van der Waals surface area contributed by atoms with Crippen LogP contribution in [-0.4, -0.2) is 18.7 Å². The predicted octanol–water partition coefficient (Wildman–Crippen LogP) is 3.78. The van der Waals surface area contributed by atoms with Crippen molar-refractivity contribution < 1.29 is 9.59 Å². The van der Waals surface area contributed by atoms with Gasteiger partial charge in [-0.1, -0.05) is 29.8 Å². The standard InChI is InChI=1S/C24H19ClN4O2/c1-28-18-6-3-2-5-16(18)24(23(28)31)17(13-26)22(27)29(15-11-9-14(25)10-12-15)19-7-4-8-20(30)21(19)24/h2-3,5-6,9-12H,4,7-8,27H2,1H3. The van der Waals surface area contributed by atoms with Crippen molar-refractivity contribution in [1.29, 1.82) is 5.26 Å². The summed E-state index contributed by atoms with van der Waals surface area (Å²) in [5.74, 6) is -0.289. The van der Waals surface area contributed by atoms with Gasteiger partial charge in [0.05, 0.1) is 5.57 Å². The summed E-state index contributed by atoms with van der Waals surface area (Å²) in [6.07, 6.45) is 1.55. The number of likely N-dealkylation sites (N-methyl/N-ethyl adjacent to an activating group) is 1. The molecule has 5 rings (SSSR count). The molecule has 31 heavy (non-hydrogen) atoms. The third-order valence-electron chi connectivity index (χ3n) is 6.39. The summed E-state index contributed by atoms with van der Waals surface area (Å²) in [6.45, 7) is 0. The molecule has 0 saturated carbocycles. The van der Waals surface area contributed by atoms with Gasteiger partial charge in [-0.2, -0.15) is 5.26 Å². The molecule has 6 nitrogen and oxygen atoms in total. The number of amides is 1. The lowest BCUT2D eigenvalue weighted by Gasteiger charge is -2.43. The number of Topliss-reactive ketones (excluding diaryl/α,β-unsaturated/α-hetero) is 1. The zero-order chi connectivity index (χ0) is 21.9.